The summed E-state index contributed by atoms with van der Waals surface area (Å²) in [6, 6.07) is 2.49. The van der Waals surface area contributed by atoms with E-state index in [9.17, 15) is 4.79 Å². The van der Waals surface area contributed by atoms with Crippen LogP contribution in [0, 0.1) is 0 Å². The molecule has 0 unspecified atom stereocenters. The van der Waals surface area contributed by atoms with Gasteiger partial charge < -0.3 is 9.80 Å². The Kier molecular flexibility index (Phi) is 3.86. The Morgan fingerprint density at radius 2 is 2.05 bits per heavy atom. The fraction of sp³-hybridized carbons (Fsp3) is 0.643. The van der Waals surface area contributed by atoms with Crippen molar-refractivity contribution < 1.29 is 4.79 Å². The van der Waals surface area contributed by atoms with Gasteiger partial charge in [-0.15, -0.1) is 0 Å². The van der Waals surface area contributed by atoms with Crippen molar-refractivity contribution in [3.8, 4) is 0 Å². The van der Waals surface area contributed by atoms with Gasteiger partial charge in [-0.3, -0.25) is 9.69 Å². The molecule has 0 bridgehead atoms. The van der Waals surface area contributed by atoms with Crippen molar-refractivity contribution in [1.82, 2.24) is 14.7 Å². The van der Waals surface area contributed by atoms with Crippen LogP contribution in [-0.2, 0) is 0 Å². The normalized spacial score (nSPS) is 25.9. The second-order valence-electron chi connectivity index (χ2n) is 5.54. The molecule has 0 radical (unpaired) electrons. The van der Waals surface area contributed by atoms with Crippen LogP contribution in [0.4, 0.5) is 0 Å². The van der Waals surface area contributed by atoms with Gasteiger partial charge >= 0.3 is 0 Å². The Morgan fingerprint density at radius 3 is 2.74 bits per heavy atom. The second kappa shape index (κ2) is 5.61. The summed E-state index contributed by atoms with van der Waals surface area (Å²) in [4.78, 5) is 19.2. The van der Waals surface area contributed by atoms with Crippen LogP contribution < -0.4 is 0 Å². The molecular formula is C14H21N3OS. The highest BCUT2D eigenvalue weighted by atomic mass is 32.1. The highest BCUT2D eigenvalue weighted by Crippen LogP contribution is 2.20. The molecule has 2 aliphatic heterocycles. The Bertz CT molecular complexity index is 426. The third-order valence-electron chi connectivity index (χ3n) is 4.27. The van der Waals surface area contributed by atoms with Gasteiger partial charge in [0.25, 0.3) is 5.91 Å². The molecule has 4 nitrogen and oxygen atoms in total. The smallest absolute Gasteiger partial charge is 0.254 e. The molecule has 1 atom stereocenters. The number of likely N-dealkylation sites (N-methyl/N-ethyl adjacent to an activating group) is 1. The maximum absolute atomic E-state index is 12.3. The van der Waals surface area contributed by atoms with Gasteiger partial charge in [-0.05, 0) is 24.9 Å². The second-order valence-corrected chi connectivity index (χ2v) is 6.32. The zero-order valence-corrected chi connectivity index (χ0v) is 12.2. The molecule has 0 aromatic carbocycles. The fourth-order valence-corrected chi connectivity index (χ4v) is 3.61. The quantitative estimate of drug-likeness (QED) is 0.814. The molecule has 0 spiro atoms. The summed E-state index contributed by atoms with van der Waals surface area (Å²) in [7, 11) is 2.18. The van der Waals surface area contributed by atoms with Crippen molar-refractivity contribution in [1.29, 1.82) is 0 Å². The lowest BCUT2D eigenvalue weighted by atomic mass is 10.2. The van der Waals surface area contributed by atoms with E-state index in [-0.39, 0.29) is 5.91 Å². The Labute approximate surface area is 118 Å². The van der Waals surface area contributed by atoms with Gasteiger partial charge in [-0.2, -0.15) is 11.3 Å². The molecule has 2 fully saturated rings. The summed E-state index contributed by atoms with van der Waals surface area (Å²) in [5.74, 6) is 0.206. The summed E-state index contributed by atoms with van der Waals surface area (Å²) in [6.07, 6.45) is 1.12. The lowest BCUT2D eigenvalue weighted by Crippen LogP contribution is -2.49. The fourth-order valence-electron chi connectivity index (χ4n) is 2.98. The molecule has 0 saturated carbocycles. The Morgan fingerprint density at radius 1 is 1.26 bits per heavy atom. The minimum Gasteiger partial charge on any atom is -0.337 e. The van der Waals surface area contributed by atoms with Gasteiger partial charge in [0.05, 0.1) is 5.56 Å². The van der Waals surface area contributed by atoms with Crippen LogP contribution in [0.1, 0.15) is 16.8 Å². The topological polar surface area (TPSA) is 26.8 Å². The molecule has 1 aromatic rings. The van der Waals surface area contributed by atoms with Gasteiger partial charge in [0.15, 0.2) is 0 Å². The molecule has 0 aliphatic carbocycles. The highest BCUT2D eigenvalue weighted by Gasteiger charge is 2.31. The Balaban J connectivity index is 1.57. The van der Waals surface area contributed by atoms with E-state index in [1.807, 2.05) is 21.7 Å². The molecule has 104 valence electrons. The van der Waals surface area contributed by atoms with Crippen LogP contribution in [0.15, 0.2) is 16.8 Å². The van der Waals surface area contributed by atoms with Crippen LogP contribution in [-0.4, -0.2) is 73.0 Å². The van der Waals surface area contributed by atoms with Gasteiger partial charge in [0.1, 0.15) is 0 Å². The first-order valence-corrected chi connectivity index (χ1v) is 7.92. The van der Waals surface area contributed by atoms with Crippen molar-refractivity contribution in [2.45, 2.75) is 12.5 Å². The minimum atomic E-state index is 0.206. The molecule has 0 N–H and O–H groups in total. The first-order valence-electron chi connectivity index (χ1n) is 6.98. The maximum atomic E-state index is 12.3. The summed E-state index contributed by atoms with van der Waals surface area (Å²) in [6.45, 7) is 6.39. The molecule has 2 saturated heterocycles. The van der Waals surface area contributed by atoms with E-state index in [0.29, 0.717) is 6.04 Å². The summed E-state index contributed by atoms with van der Waals surface area (Å²) >= 11 is 1.59. The zero-order valence-electron chi connectivity index (χ0n) is 11.4. The first-order chi connectivity index (χ1) is 9.24. The van der Waals surface area contributed by atoms with Gasteiger partial charge in [-0.25, -0.2) is 0 Å². The van der Waals surface area contributed by atoms with Gasteiger partial charge in [-0.1, -0.05) is 0 Å². The molecule has 3 rings (SSSR count). The van der Waals surface area contributed by atoms with E-state index >= 15 is 0 Å². The van der Waals surface area contributed by atoms with Crippen molar-refractivity contribution in [2.24, 2.45) is 0 Å². The molecule has 5 heteroatoms. The number of hydrogen-bond donors (Lipinski definition) is 0. The summed E-state index contributed by atoms with van der Waals surface area (Å²) in [5.41, 5.74) is 0.851. The van der Waals surface area contributed by atoms with Crippen LogP contribution in [0.2, 0.25) is 0 Å². The number of likely N-dealkylation sites (tertiary alicyclic amines) is 1. The van der Waals surface area contributed by atoms with E-state index in [2.05, 4.69) is 16.8 Å². The SMILES string of the molecule is CN1CCN([C@@H]2CCN(C(=O)c3ccsc3)C2)CC1. The van der Waals surface area contributed by atoms with Crippen LogP contribution >= 0.6 is 11.3 Å². The number of carbonyl (C=O) groups excluding carboxylic acids is 1. The number of piperazine rings is 1. The van der Waals surface area contributed by atoms with E-state index in [4.69, 9.17) is 0 Å². The van der Waals surface area contributed by atoms with Gasteiger partial charge in [0, 0.05) is 50.7 Å². The third kappa shape index (κ3) is 2.83. The standard InChI is InChI=1S/C14H21N3OS/c1-15-5-7-16(8-6-15)13-2-4-17(10-13)14(18)12-3-9-19-11-12/h3,9,11,13H,2,4-8,10H2,1H3/t13-/m1/s1. The predicted octanol–water partition coefficient (Wildman–Crippen LogP) is 1.21. The van der Waals surface area contributed by atoms with Crippen LogP contribution in [0.3, 0.4) is 0 Å². The molecule has 1 amide bonds. The number of carbonyl (C=O) groups is 1. The largest absolute Gasteiger partial charge is 0.337 e. The Hall–Kier alpha value is -0.910. The van der Waals surface area contributed by atoms with E-state index < -0.39 is 0 Å². The number of nitrogens with zero attached hydrogens (tertiary/aromatic N) is 3. The molecule has 19 heavy (non-hydrogen) atoms. The first kappa shape index (κ1) is 13.1. The minimum absolute atomic E-state index is 0.206. The van der Waals surface area contributed by atoms with E-state index in [0.717, 1.165) is 51.3 Å². The van der Waals surface area contributed by atoms with Crippen molar-refractivity contribution in [2.75, 3.05) is 46.3 Å². The zero-order chi connectivity index (χ0) is 13.2. The molecular weight excluding hydrogens is 258 g/mol. The monoisotopic (exact) mass is 279 g/mol. The van der Waals surface area contributed by atoms with Crippen LogP contribution in [0.5, 0.6) is 0 Å². The highest BCUT2D eigenvalue weighted by molar-refractivity contribution is 7.08. The van der Waals surface area contributed by atoms with Crippen molar-refractivity contribution >= 4 is 17.2 Å². The van der Waals surface area contributed by atoms with E-state index in [1.165, 1.54) is 0 Å². The number of amides is 1. The molecule has 2 aliphatic rings. The summed E-state index contributed by atoms with van der Waals surface area (Å²) < 4.78 is 0. The lowest BCUT2D eigenvalue weighted by Gasteiger charge is -2.36. The number of rotatable bonds is 2. The summed E-state index contributed by atoms with van der Waals surface area (Å²) in [5, 5.41) is 3.92. The van der Waals surface area contributed by atoms with Crippen molar-refractivity contribution in [3.63, 3.8) is 0 Å². The van der Waals surface area contributed by atoms with Crippen molar-refractivity contribution in [3.05, 3.63) is 22.4 Å². The van der Waals surface area contributed by atoms with Crippen LogP contribution in [0.25, 0.3) is 0 Å². The third-order valence-corrected chi connectivity index (χ3v) is 4.96. The van der Waals surface area contributed by atoms with Gasteiger partial charge in [0.2, 0.25) is 0 Å². The predicted molar refractivity (Wildman–Crippen MR) is 77.7 cm³/mol. The number of thiophene rings is 1. The lowest BCUT2D eigenvalue weighted by molar-refractivity contribution is 0.0756. The van der Waals surface area contributed by atoms with E-state index in [1.54, 1.807) is 11.3 Å². The average molecular weight is 279 g/mol. The average Bonchev–Trinajstić information content (AvgIpc) is 3.10. The molecule has 1 aromatic heterocycles. The maximum Gasteiger partial charge on any atom is 0.254 e. The number of hydrogen-bond acceptors (Lipinski definition) is 4. The molecule has 3 heterocycles.